The minimum Gasteiger partial charge on any atom is -0.480 e. The first-order chi connectivity index (χ1) is 30.5. The summed E-state index contributed by atoms with van der Waals surface area (Å²) in [4.78, 5) is 51.6. The van der Waals surface area contributed by atoms with E-state index in [0.717, 1.165) is 51.4 Å². The van der Waals surface area contributed by atoms with Gasteiger partial charge in [-0.05, 0) is 190 Å². The highest BCUT2D eigenvalue weighted by Crippen LogP contribution is 2.70. The molecule has 0 radical (unpaired) electrons. The first kappa shape index (κ1) is 49.3. The van der Waals surface area contributed by atoms with Crippen molar-refractivity contribution in [3.63, 3.8) is 0 Å². The molecule has 368 valence electrons. The molecule has 0 aromatic carbocycles. The number of hydrogen-bond donors (Lipinski definition) is 8. The second-order valence-electron chi connectivity index (χ2n) is 24.6. The zero-order valence-corrected chi connectivity index (χ0v) is 40.2. The van der Waals surface area contributed by atoms with Crippen LogP contribution in [0.5, 0.6) is 0 Å². The molecule has 8 saturated carbocycles. The Hall–Kier alpha value is -2.16. The number of carbonyl (C=O) groups is 4. The molecule has 8 aliphatic carbocycles. The highest BCUT2D eigenvalue weighted by molar-refractivity contribution is 6.02. The van der Waals surface area contributed by atoms with Crippen LogP contribution in [-0.2, 0) is 23.9 Å². The number of aliphatic hydroxyl groups excluding tert-OH is 5. The number of carboxylic acids is 1. The Morgan fingerprint density at radius 1 is 0.646 bits per heavy atom. The van der Waals surface area contributed by atoms with Gasteiger partial charge in [-0.25, -0.2) is 0 Å². The third-order valence-electron chi connectivity index (χ3n) is 22.0. The molecule has 13 heteroatoms. The molecule has 1 amide bonds. The number of hydrogen-bond acceptors (Lipinski definition) is 11. The number of carboxylic acid groups (broad SMARTS) is 1. The Labute approximate surface area is 387 Å². The molecular formula is C52H84N2O11. The second-order valence-corrected chi connectivity index (χ2v) is 24.6. The van der Waals surface area contributed by atoms with E-state index in [0.29, 0.717) is 51.4 Å². The predicted molar refractivity (Wildman–Crippen MR) is 242 cm³/mol. The van der Waals surface area contributed by atoms with Gasteiger partial charge in [0.15, 0.2) is 11.8 Å². The third-order valence-corrected chi connectivity index (χ3v) is 22.0. The summed E-state index contributed by atoms with van der Waals surface area (Å²) in [5, 5.41) is 69.0. The van der Waals surface area contributed by atoms with Crippen LogP contribution in [0, 0.1) is 92.7 Å². The molecule has 8 rings (SSSR count). The number of aliphatic hydroxyl groups is 5. The largest absolute Gasteiger partial charge is 0.480 e. The molecule has 0 aliphatic heterocycles. The Bertz CT molecular complexity index is 1800. The zero-order valence-electron chi connectivity index (χ0n) is 40.2. The first-order valence-electron chi connectivity index (χ1n) is 25.9. The number of esters is 1. The molecule has 0 spiro atoms. The van der Waals surface area contributed by atoms with Gasteiger partial charge < -0.3 is 46.4 Å². The lowest BCUT2D eigenvalue weighted by molar-refractivity contribution is -0.217. The van der Waals surface area contributed by atoms with Crippen molar-refractivity contribution in [1.29, 1.82) is 0 Å². The number of rotatable bonds is 13. The average molecular weight is 913 g/mol. The Balaban J connectivity index is 0.912. The van der Waals surface area contributed by atoms with E-state index in [1.54, 1.807) is 0 Å². The van der Waals surface area contributed by atoms with Crippen LogP contribution in [0.3, 0.4) is 0 Å². The maximum atomic E-state index is 14.0. The van der Waals surface area contributed by atoms with Crippen molar-refractivity contribution in [1.82, 2.24) is 5.32 Å². The van der Waals surface area contributed by atoms with E-state index in [-0.39, 0.29) is 125 Å². The maximum absolute atomic E-state index is 14.0. The minimum absolute atomic E-state index is 0.00350. The van der Waals surface area contributed by atoms with Crippen molar-refractivity contribution in [2.24, 2.45) is 98.4 Å². The first-order valence-corrected chi connectivity index (χ1v) is 25.9. The lowest BCUT2D eigenvalue weighted by Crippen LogP contribution is -2.63. The predicted octanol–water partition coefficient (Wildman–Crippen LogP) is 5.39. The van der Waals surface area contributed by atoms with Crippen molar-refractivity contribution >= 4 is 23.6 Å². The normalized spacial score (nSPS) is 49.0. The van der Waals surface area contributed by atoms with E-state index < -0.39 is 53.6 Å². The Kier molecular flexibility index (Phi) is 13.9. The van der Waals surface area contributed by atoms with Crippen molar-refractivity contribution in [2.75, 3.05) is 6.54 Å². The highest BCUT2D eigenvalue weighted by Gasteiger charge is 2.68. The number of amides is 1. The molecule has 0 aromatic rings. The van der Waals surface area contributed by atoms with Crippen LogP contribution >= 0.6 is 0 Å². The molecule has 8 aliphatic rings. The summed E-state index contributed by atoms with van der Waals surface area (Å²) >= 11 is 0. The van der Waals surface area contributed by atoms with E-state index in [1.807, 2.05) is 0 Å². The number of ketones is 1. The zero-order chi connectivity index (χ0) is 47.1. The van der Waals surface area contributed by atoms with Crippen LogP contribution in [0.1, 0.15) is 157 Å². The van der Waals surface area contributed by atoms with Crippen LogP contribution in [0.25, 0.3) is 0 Å². The van der Waals surface area contributed by atoms with Crippen LogP contribution in [0.15, 0.2) is 0 Å². The Morgan fingerprint density at radius 3 is 1.68 bits per heavy atom. The third kappa shape index (κ3) is 8.35. The standard InChI is InChI=1S/C52H84N2O11/c1-26(7-13-38(57)47(53)48(63)64)33-10-12-35-46-37(50(4)18-16-31(56)20-29(50)22-40(46)59)24-42(52(33,35)6)65-44(62)25-54-43(61)14-8-27(2)32-9-11-34-45-36(23-41(60)51(32,34)5)49(3)17-15-30(55)19-28(49)21-39(45)58/h26-37,39-42,45-47,55-56,58-60H,7-25,53H2,1-6H3,(H,54,61)(H,63,64)/t26-,27-,28?,29?,30-,31-,32-,33-,34?,35?,36?,37?,39-,40-,41+,42+,45?,46?,47?,49+,50+,51-,52-/m1/s1. The molecule has 65 heavy (non-hydrogen) atoms. The highest BCUT2D eigenvalue weighted by atomic mass is 16.5. The molecule has 13 nitrogen and oxygen atoms in total. The van der Waals surface area contributed by atoms with Crippen molar-refractivity contribution < 1.29 is 54.6 Å². The van der Waals surface area contributed by atoms with Gasteiger partial charge in [0.2, 0.25) is 5.91 Å². The minimum atomic E-state index is -1.56. The van der Waals surface area contributed by atoms with Gasteiger partial charge in [-0.3, -0.25) is 19.2 Å². The van der Waals surface area contributed by atoms with Gasteiger partial charge in [-0.2, -0.15) is 0 Å². The van der Waals surface area contributed by atoms with Gasteiger partial charge >= 0.3 is 11.9 Å². The number of Topliss-reactive ketones (excluding diaryl/α,β-unsaturated/α-hetero) is 1. The fourth-order valence-corrected chi connectivity index (χ4v) is 18.3. The summed E-state index contributed by atoms with van der Waals surface area (Å²) < 4.78 is 6.54. The van der Waals surface area contributed by atoms with Gasteiger partial charge in [0.25, 0.3) is 0 Å². The molecule has 23 atom stereocenters. The summed E-state index contributed by atoms with van der Waals surface area (Å²) in [5.41, 5.74) is 4.63. The van der Waals surface area contributed by atoms with Crippen LogP contribution in [-0.4, -0.2) is 103 Å². The quantitative estimate of drug-likeness (QED) is 0.0858. The number of fused-ring (bicyclic) bond motifs is 10. The van der Waals surface area contributed by atoms with E-state index in [4.69, 9.17) is 10.5 Å². The summed E-state index contributed by atoms with van der Waals surface area (Å²) in [5.74, 6) is -1.14. The SMILES string of the molecule is C[C@H](CCC(=O)NCC(=O)O[C@H]1CC2C(C3CC[C@H]([C@H](C)CCC(=O)C(N)C(=O)O)[C@]31C)[C@H](O)CC1C[C@H](O)CC[C@@]12C)[C@H]1CCC2C3C(C[C@H](O)[C@@]21C)[C@@]1(C)CC[C@@H](O)CC1C[C@H]3O. The number of nitrogens with one attached hydrogen (secondary N) is 1. The average Bonchev–Trinajstić information content (AvgIpc) is 3.80. The molecule has 0 heterocycles. The van der Waals surface area contributed by atoms with Gasteiger partial charge in [-0.15, -0.1) is 0 Å². The van der Waals surface area contributed by atoms with Crippen molar-refractivity contribution in [3.05, 3.63) is 0 Å². The number of aliphatic carboxylic acids is 1. The van der Waals surface area contributed by atoms with Gasteiger partial charge in [-0.1, -0.05) is 41.5 Å². The van der Waals surface area contributed by atoms with E-state index >= 15 is 0 Å². The summed E-state index contributed by atoms with van der Waals surface area (Å²) in [6, 6.07) is -1.56. The van der Waals surface area contributed by atoms with E-state index in [2.05, 4.69) is 46.9 Å². The smallest absolute Gasteiger partial charge is 0.328 e. The van der Waals surface area contributed by atoms with Gasteiger partial charge in [0, 0.05) is 18.3 Å². The fourth-order valence-electron chi connectivity index (χ4n) is 18.3. The van der Waals surface area contributed by atoms with Crippen molar-refractivity contribution in [3.8, 4) is 0 Å². The lowest BCUT2D eigenvalue weighted by Gasteiger charge is -2.63. The molecule has 8 fully saturated rings. The molecule has 0 aromatic heterocycles. The maximum Gasteiger partial charge on any atom is 0.328 e. The fraction of sp³-hybridized carbons (Fsp3) is 0.923. The Morgan fingerprint density at radius 2 is 1.14 bits per heavy atom. The number of ether oxygens (including phenoxy) is 1. The van der Waals surface area contributed by atoms with Crippen LogP contribution < -0.4 is 11.1 Å². The van der Waals surface area contributed by atoms with E-state index in [1.165, 1.54) is 0 Å². The lowest BCUT2D eigenvalue weighted by atomic mass is 9.43. The number of nitrogens with two attached hydrogens (primary N) is 1. The monoisotopic (exact) mass is 913 g/mol. The molecule has 9 N–H and O–H groups in total. The van der Waals surface area contributed by atoms with Gasteiger partial charge in [0.05, 0.1) is 30.5 Å². The second kappa shape index (κ2) is 18.3. The molecule has 0 bridgehead atoms. The number of carbonyl (C=O) groups excluding carboxylic acids is 3. The summed E-state index contributed by atoms with van der Waals surface area (Å²) in [6.07, 6.45) is 9.38. The molecule has 0 saturated heterocycles. The summed E-state index contributed by atoms with van der Waals surface area (Å²) in [6.45, 7) is 13.0. The van der Waals surface area contributed by atoms with Crippen LogP contribution in [0.2, 0.25) is 0 Å². The molecular weight excluding hydrogens is 829 g/mol. The van der Waals surface area contributed by atoms with Gasteiger partial charge in [0.1, 0.15) is 12.6 Å². The molecule has 9 unspecified atom stereocenters. The van der Waals surface area contributed by atoms with Crippen LogP contribution in [0.4, 0.5) is 0 Å². The topological polar surface area (TPSA) is 237 Å². The summed E-state index contributed by atoms with van der Waals surface area (Å²) in [7, 11) is 0. The van der Waals surface area contributed by atoms with Crippen molar-refractivity contribution in [2.45, 2.75) is 200 Å². The van der Waals surface area contributed by atoms with E-state index in [9.17, 15) is 49.8 Å².